The molecule has 4 heteroatoms. The van der Waals surface area contributed by atoms with E-state index in [1.165, 1.54) is 10.9 Å². The number of nitrogens with zero attached hydrogens (tertiary/aromatic N) is 1. The van der Waals surface area contributed by atoms with Gasteiger partial charge < -0.3 is 10.1 Å². The number of rotatable bonds is 1. The lowest BCUT2D eigenvalue weighted by Gasteiger charge is -2.30. The van der Waals surface area contributed by atoms with E-state index in [0.29, 0.717) is 5.92 Å². The standard InChI is InChI=1S/C19H26N2O2/c1-12(2)16-17-14(10-11-20-16)13-8-6-7-9-15(13)21(17)18(22)23-19(3,4)5/h6-9,12,16,20H,10-11H2,1-5H3/t16-/m0/s1. The molecule has 0 aliphatic carbocycles. The molecule has 0 bridgehead atoms. The van der Waals surface area contributed by atoms with Gasteiger partial charge in [0.05, 0.1) is 17.3 Å². The van der Waals surface area contributed by atoms with Gasteiger partial charge in [0.2, 0.25) is 0 Å². The SMILES string of the molecule is CC(C)[C@@H]1NCCc2c1n(C(=O)OC(C)(C)C)c1ccccc21. The molecule has 1 aromatic heterocycles. The van der Waals surface area contributed by atoms with E-state index in [1.54, 1.807) is 4.57 Å². The molecule has 4 nitrogen and oxygen atoms in total. The van der Waals surface area contributed by atoms with Crippen molar-refractivity contribution in [3.05, 3.63) is 35.5 Å². The molecule has 3 rings (SSSR count). The van der Waals surface area contributed by atoms with Crippen molar-refractivity contribution in [2.45, 2.75) is 52.7 Å². The molecule has 0 unspecified atom stereocenters. The van der Waals surface area contributed by atoms with Gasteiger partial charge in [0.1, 0.15) is 5.60 Å². The van der Waals surface area contributed by atoms with E-state index < -0.39 is 5.60 Å². The number of nitrogens with one attached hydrogen (secondary N) is 1. The van der Waals surface area contributed by atoms with E-state index in [9.17, 15) is 4.79 Å². The molecule has 1 aliphatic heterocycles. The molecule has 0 fully saturated rings. The third kappa shape index (κ3) is 2.88. The zero-order valence-corrected chi connectivity index (χ0v) is 14.6. The smallest absolute Gasteiger partial charge is 0.419 e. The highest BCUT2D eigenvalue weighted by molar-refractivity contribution is 5.94. The van der Waals surface area contributed by atoms with Gasteiger partial charge in [-0.1, -0.05) is 32.0 Å². The van der Waals surface area contributed by atoms with Crippen LogP contribution in [0.4, 0.5) is 4.79 Å². The largest absolute Gasteiger partial charge is 0.443 e. The summed E-state index contributed by atoms with van der Waals surface area (Å²) in [7, 11) is 0. The predicted octanol–water partition coefficient (Wildman–Crippen LogP) is 4.27. The first kappa shape index (κ1) is 16.1. The van der Waals surface area contributed by atoms with Crippen LogP contribution in [-0.2, 0) is 11.2 Å². The fourth-order valence-corrected chi connectivity index (χ4v) is 3.42. The summed E-state index contributed by atoms with van der Waals surface area (Å²) in [4.78, 5) is 12.9. The molecule has 2 heterocycles. The first-order valence-corrected chi connectivity index (χ1v) is 8.38. The van der Waals surface area contributed by atoms with Crippen molar-refractivity contribution in [3.63, 3.8) is 0 Å². The van der Waals surface area contributed by atoms with Gasteiger partial charge >= 0.3 is 6.09 Å². The lowest BCUT2D eigenvalue weighted by atomic mass is 9.92. The van der Waals surface area contributed by atoms with E-state index in [0.717, 1.165) is 24.2 Å². The van der Waals surface area contributed by atoms with E-state index in [4.69, 9.17) is 4.74 Å². The summed E-state index contributed by atoms with van der Waals surface area (Å²) < 4.78 is 7.47. The number of carbonyl (C=O) groups excluding carboxylic acids is 1. The van der Waals surface area contributed by atoms with Crippen LogP contribution < -0.4 is 5.32 Å². The Balaban J connectivity index is 2.23. The molecule has 2 aromatic rings. The maximum Gasteiger partial charge on any atom is 0.419 e. The average Bonchev–Trinajstić information content (AvgIpc) is 2.79. The number of para-hydroxylation sites is 1. The fraction of sp³-hybridized carbons (Fsp3) is 0.526. The minimum absolute atomic E-state index is 0.165. The Kier molecular flexibility index (Phi) is 3.96. The van der Waals surface area contributed by atoms with Crippen LogP contribution in [0.25, 0.3) is 10.9 Å². The van der Waals surface area contributed by atoms with Crippen LogP contribution in [0.1, 0.15) is 51.9 Å². The van der Waals surface area contributed by atoms with Crippen molar-refractivity contribution in [2.75, 3.05) is 6.54 Å². The second-order valence-electron chi connectivity index (χ2n) is 7.62. The van der Waals surface area contributed by atoms with E-state index in [1.807, 2.05) is 39.0 Å². The minimum atomic E-state index is -0.509. The molecular weight excluding hydrogens is 288 g/mol. The highest BCUT2D eigenvalue weighted by atomic mass is 16.6. The molecule has 0 saturated carbocycles. The Morgan fingerprint density at radius 3 is 2.65 bits per heavy atom. The second kappa shape index (κ2) is 5.68. The Bertz CT molecular complexity index is 738. The Morgan fingerprint density at radius 1 is 1.30 bits per heavy atom. The molecule has 124 valence electrons. The highest BCUT2D eigenvalue weighted by Gasteiger charge is 2.32. The minimum Gasteiger partial charge on any atom is -0.443 e. The van der Waals surface area contributed by atoms with Crippen LogP contribution in [0.15, 0.2) is 24.3 Å². The van der Waals surface area contributed by atoms with Gasteiger partial charge in [0, 0.05) is 5.39 Å². The van der Waals surface area contributed by atoms with E-state index in [2.05, 4.69) is 25.2 Å². The number of hydrogen-bond donors (Lipinski definition) is 1. The second-order valence-corrected chi connectivity index (χ2v) is 7.62. The third-order valence-corrected chi connectivity index (χ3v) is 4.30. The number of fused-ring (bicyclic) bond motifs is 3. The van der Waals surface area contributed by atoms with Crippen molar-refractivity contribution in [3.8, 4) is 0 Å². The number of aromatic nitrogens is 1. The zero-order valence-electron chi connectivity index (χ0n) is 14.6. The van der Waals surface area contributed by atoms with Crippen molar-refractivity contribution in [1.29, 1.82) is 0 Å². The first-order valence-electron chi connectivity index (χ1n) is 8.38. The summed E-state index contributed by atoms with van der Waals surface area (Å²) in [6.07, 6.45) is 0.652. The summed E-state index contributed by atoms with van der Waals surface area (Å²) in [5.41, 5.74) is 2.79. The monoisotopic (exact) mass is 314 g/mol. The predicted molar refractivity (Wildman–Crippen MR) is 92.9 cm³/mol. The van der Waals surface area contributed by atoms with Crippen LogP contribution in [-0.4, -0.2) is 22.8 Å². The van der Waals surface area contributed by atoms with Crippen LogP contribution in [0.5, 0.6) is 0 Å². The molecular formula is C19H26N2O2. The number of benzene rings is 1. The topological polar surface area (TPSA) is 43.3 Å². The highest BCUT2D eigenvalue weighted by Crippen LogP contribution is 2.36. The van der Waals surface area contributed by atoms with Crippen molar-refractivity contribution in [2.24, 2.45) is 5.92 Å². The molecule has 1 N–H and O–H groups in total. The fourth-order valence-electron chi connectivity index (χ4n) is 3.42. The maximum absolute atomic E-state index is 12.9. The molecule has 1 atom stereocenters. The van der Waals surface area contributed by atoms with Gasteiger partial charge in [0.25, 0.3) is 0 Å². The van der Waals surface area contributed by atoms with E-state index >= 15 is 0 Å². The normalized spacial score (nSPS) is 18.3. The average molecular weight is 314 g/mol. The molecule has 0 radical (unpaired) electrons. The molecule has 0 amide bonds. The zero-order chi connectivity index (χ0) is 16.8. The third-order valence-electron chi connectivity index (χ3n) is 4.30. The van der Waals surface area contributed by atoms with Gasteiger partial charge in [0.15, 0.2) is 0 Å². The lowest BCUT2D eigenvalue weighted by molar-refractivity contribution is 0.0535. The Hall–Kier alpha value is -1.81. The van der Waals surface area contributed by atoms with Crippen LogP contribution in [0.3, 0.4) is 0 Å². The number of ether oxygens (including phenoxy) is 1. The number of carbonyl (C=O) groups is 1. The number of hydrogen-bond acceptors (Lipinski definition) is 3. The van der Waals surface area contributed by atoms with Crippen LogP contribution in [0, 0.1) is 5.92 Å². The first-order chi connectivity index (χ1) is 10.8. The summed E-state index contributed by atoms with van der Waals surface area (Å²) >= 11 is 0. The maximum atomic E-state index is 12.9. The summed E-state index contributed by atoms with van der Waals surface area (Å²) in [6.45, 7) is 11.0. The summed E-state index contributed by atoms with van der Waals surface area (Å²) in [5, 5.41) is 4.73. The molecule has 0 spiro atoms. The van der Waals surface area contributed by atoms with Gasteiger partial charge in [-0.25, -0.2) is 9.36 Å². The van der Waals surface area contributed by atoms with Gasteiger partial charge in [-0.2, -0.15) is 0 Å². The van der Waals surface area contributed by atoms with E-state index in [-0.39, 0.29) is 12.1 Å². The van der Waals surface area contributed by atoms with Gasteiger partial charge in [-0.3, -0.25) is 0 Å². The Labute approximate surface area is 137 Å². The van der Waals surface area contributed by atoms with Gasteiger partial charge in [-0.05, 0) is 51.3 Å². The quantitative estimate of drug-likeness (QED) is 0.855. The summed E-state index contributed by atoms with van der Waals surface area (Å²) in [6, 6.07) is 8.30. The van der Waals surface area contributed by atoms with Gasteiger partial charge in [-0.15, -0.1) is 0 Å². The molecule has 23 heavy (non-hydrogen) atoms. The van der Waals surface area contributed by atoms with Crippen molar-refractivity contribution >= 4 is 17.0 Å². The molecule has 1 aromatic carbocycles. The Morgan fingerprint density at radius 2 is 2.00 bits per heavy atom. The van der Waals surface area contributed by atoms with Crippen molar-refractivity contribution in [1.82, 2.24) is 9.88 Å². The summed E-state index contributed by atoms with van der Waals surface area (Å²) in [5.74, 6) is 0.402. The molecule has 1 aliphatic rings. The van der Waals surface area contributed by atoms with Crippen molar-refractivity contribution < 1.29 is 9.53 Å². The van der Waals surface area contributed by atoms with Crippen LogP contribution in [0.2, 0.25) is 0 Å². The lowest BCUT2D eigenvalue weighted by Crippen LogP contribution is -2.36. The molecule has 0 saturated heterocycles. The van der Waals surface area contributed by atoms with Crippen LogP contribution >= 0.6 is 0 Å².